The summed E-state index contributed by atoms with van der Waals surface area (Å²) in [5.74, 6) is 0.522. The van der Waals surface area contributed by atoms with Crippen LogP contribution in [-0.4, -0.2) is 18.3 Å². The maximum Gasteiger partial charge on any atom is 0.174 e. The van der Waals surface area contributed by atoms with Crippen molar-refractivity contribution in [2.75, 3.05) is 13.2 Å². The Hall–Kier alpha value is -1.87. The first-order valence-electron chi connectivity index (χ1n) is 7.91. The molecule has 0 fully saturated rings. The summed E-state index contributed by atoms with van der Waals surface area (Å²) in [5, 5.41) is 11.2. The van der Waals surface area contributed by atoms with Gasteiger partial charge in [-0.25, -0.2) is 0 Å². The second-order valence-corrected chi connectivity index (χ2v) is 9.11. The molecule has 0 spiro atoms. The Morgan fingerprint density at radius 3 is 1.96 bits per heavy atom. The molecule has 3 aromatic carbocycles. The minimum absolute atomic E-state index is 0.101. The molecule has 0 heterocycles. The van der Waals surface area contributed by atoms with Gasteiger partial charge in [-0.3, -0.25) is 0 Å². The zero-order valence-corrected chi connectivity index (χ0v) is 16.0. The van der Waals surface area contributed by atoms with Gasteiger partial charge in [-0.2, -0.15) is 0 Å². The highest BCUT2D eigenvalue weighted by molar-refractivity contribution is 9.10. The first-order chi connectivity index (χ1) is 12.2. The highest BCUT2D eigenvalue weighted by atomic mass is 79.9. The van der Waals surface area contributed by atoms with E-state index in [0.29, 0.717) is 11.1 Å². The van der Waals surface area contributed by atoms with E-state index in [0.717, 1.165) is 15.1 Å². The van der Waals surface area contributed by atoms with Crippen molar-refractivity contribution >= 4 is 39.0 Å². The monoisotopic (exact) mass is 416 g/mol. The number of hydrogen-bond acceptors (Lipinski definition) is 3. The second-order valence-electron chi connectivity index (χ2n) is 5.46. The topological polar surface area (TPSA) is 46.5 Å². The van der Waals surface area contributed by atoms with Crippen molar-refractivity contribution in [2.24, 2.45) is 0 Å². The van der Waals surface area contributed by atoms with Crippen molar-refractivity contribution < 1.29 is 14.4 Å². The smallest absolute Gasteiger partial charge is 0.174 e. The molecule has 0 aliphatic rings. The standard InChI is InChI=1S/C20H18BrO3P/c21-16-11-12-19(24-14-13-22)20(15-16)25(23,17-7-3-1-4-8-17)18-9-5-2-6-10-18/h1-12,15,22H,13-14H2. The minimum atomic E-state index is -3.12. The van der Waals surface area contributed by atoms with E-state index in [4.69, 9.17) is 9.84 Å². The lowest BCUT2D eigenvalue weighted by Crippen LogP contribution is -2.26. The van der Waals surface area contributed by atoms with Gasteiger partial charge in [0.1, 0.15) is 12.4 Å². The average molecular weight is 417 g/mol. The molecule has 0 atom stereocenters. The van der Waals surface area contributed by atoms with Gasteiger partial charge in [0, 0.05) is 15.1 Å². The molecule has 3 aromatic rings. The lowest BCUT2D eigenvalue weighted by atomic mass is 10.3. The first kappa shape index (κ1) is 17.9. The van der Waals surface area contributed by atoms with Gasteiger partial charge in [0.2, 0.25) is 0 Å². The average Bonchev–Trinajstić information content (AvgIpc) is 2.67. The summed E-state index contributed by atoms with van der Waals surface area (Å²) in [4.78, 5) is 0. The number of rotatable bonds is 6. The summed E-state index contributed by atoms with van der Waals surface area (Å²) in [6.45, 7) is 0.0503. The van der Waals surface area contributed by atoms with Gasteiger partial charge < -0.3 is 14.4 Å². The third kappa shape index (κ3) is 3.72. The Morgan fingerprint density at radius 1 is 0.880 bits per heavy atom. The van der Waals surface area contributed by atoms with Crippen LogP contribution in [0.1, 0.15) is 0 Å². The molecule has 0 aliphatic carbocycles. The van der Waals surface area contributed by atoms with Crippen LogP contribution < -0.4 is 20.7 Å². The van der Waals surface area contributed by atoms with Gasteiger partial charge in [-0.15, -0.1) is 0 Å². The maximum atomic E-state index is 14.4. The van der Waals surface area contributed by atoms with Crippen LogP contribution in [0.25, 0.3) is 0 Å². The molecular weight excluding hydrogens is 399 g/mol. The third-order valence-corrected chi connectivity index (χ3v) is 7.42. The minimum Gasteiger partial charge on any atom is -0.490 e. The van der Waals surface area contributed by atoms with Crippen molar-refractivity contribution in [3.63, 3.8) is 0 Å². The molecule has 0 saturated heterocycles. The SMILES string of the molecule is O=P(c1ccccc1)(c1ccccc1)c1cc(Br)ccc1OCCO. The maximum absolute atomic E-state index is 14.4. The first-order valence-corrected chi connectivity index (χ1v) is 10.4. The van der Waals surface area contributed by atoms with Crippen molar-refractivity contribution in [2.45, 2.75) is 0 Å². The predicted molar refractivity (Wildman–Crippen MR) is 106 cm³/mol. The number of ether oxygens (including phenoxy) is 1. The fraction of sp³-hybridized carbons (Fsp3) is 0.100. The molecule has 0 aromatic heterocycles. The molecule has 0 bridgehead atoms. The van der Waals surface area contributed by atoms with Crippen molar-refractivity contribution in [1.82, 2.24) is 0 Å². The number of benzene rings is 3. The predicted octanol–water partition coefficient (Wildman–Crippen LogP) is 3.46. The van der Waals surface area contributed by atoms with Gasteiger partial charge in [0.25, 0.3) is 0 Å². The van der Waals surface area contributed by atoms with Crippen LogP contribution in [-0.2, 0) is 4.57 Å². The van der Waals surface area contributed by atoms with E-state index in [-0.39, 0.29) is 13.2 Å². The van der Waals surface area contributed by atoms with Gasteiger partial charge in [0.05, 0.1) is 11.9 Å². The van der Waals surface area contributed by atoms with Crippen LogP contribution in [0.2, 0.25) is 0 Å². The number of hydrogen-bond donors (Lipinski definition) is 1. The largest absolute Gasteiger partial charge is 0.490 e. The zero-order chi connectivity index (χ0) is 17.7. The molecule has 1 N–H and O–H groups in total. The molecule has 0 aliphatic heterocycles. The molecular formula is C20H18BrO3P. The van der Waals surface area contributed by atoms with E-state index >= 15 is 0 Å². The molecule has 3 nitrogen and oxygen atoms in total. The van der Waals surface area contributed by atoms with Gasteiger partial charge in [-0.05, 0) is 18.2 Å². The van der Waals surface area contributed by atoms with Crippen LogP contribution in [0.5, 0.6) is 5.75 Å². The molecule has 128 valence electrons. The highest BCUT2D eigenvalue weighted by Crippen LogP contribution is 2.45. The van der Waals surface area contributed by atoms with Gasteiger partial charge in [-0.1, -0.05) is 76.6 Å². The summed E-state index contributed by atoms with van der Waals surface area (Å²) in [7, 11) is -3.12. The zero-order valence-electron chi connectivity index (χ0n) is 13.5. The summed E-state index contributed by atoms with van der Waals surface area (Å²) >= 11 is 3.48. The molecule has 0 saturated carbocycles. The normalized spacial score (nSPS) is 11.3. The number of halogens is 1. The molecule has 0 unspecified atom stereocenters. The molecule has 5 heteroatoms. The lowest BCUT2D eigenvalue weighted by molar-refractivity contribution is 0.202. The van der Waals surface area contributed by atoms with E-state index in [1.807, 2.05) is 72.8 Å². The Morgan fingerprint density at radius 2 is 1.44 bits per heavy atom. The van der Waals surface area contributed by atoms with E-state index < -0.39 is 7.14 Å². The Labute approximate surface area is 155 Å². The Balaban J connectivity index is 2.27. The van der Waals surface area contributed by atoms with Crippen molar-refractivity contribution in [3.8, 4) is 5.75 Å². The van der Waals surface area contributed by atoms with Gasteiger partial charge >= 0.3 is 0 Å². The van der Waals surface area contributed by atoms with Crippen LogP contribution in [0.4, 0.5) is 0 Å². The van der Waals surface area contributed by atoms with Crippen LogP contribution in [0, 0.1) is 0 Å². The third-order valence-electron chi connectivity index (χ3n) is 3.85. The van der Waals surface area contributed by atoms with Crippen molar-refractivity contribution in [1.29, 1.82) is 0 Å². The Bertz CT molecular complexity index is 838. The lowest BCUT2D eigenvalue weighted by Gasteiger charge is -2.22. The summed E-state index contributed by atoms with van der Waals surface area (Å²) in [5.41, 5.74) is 0. The van der Waals surface area contributed by atoms with E-state index in [2.05, 4.69) is 15.9 Å². The fourth-order valence-electron chi connectivity index (χ4n) is 2.72. The highest BCUT2D eigenvalue weighted by Gasteiger charge is 2.32. The molecule has 3 rings (SSSR count). The Kier molecular flexibility index (Phi) is 5.74. The summed E-state index contributed by atoms with van der Waals surface area (Å²) < 4.78 is 20.9. The molecule has 0 radical (unpaired) electrons. The van der Waals surface area contributed by atoms with Crippen LogP contribution in [0.3, 0.4) is 0 Å². The second kappa shape index (κ2) is 8.01. The van der Waals surface area contributed by atoms with E-state index in [9.17, 15) is 4.57 Å². The number of aliphatic hydroxyl groups is 1. The number of aliphatic hydroxyl groups excluding tert-OH is 1. The fourth-order valence-corrected chi connectivity index (χ4v) is 6.06. The quantitative estimate of drug-likeness (QED) is 0.625. The van der Waals surface area contributed by atoms with Crippen LogP contribution in [0.15, 0.2) is 83.3 Å². The molecule has 25 heavy (non-hydrogen) atoms. The summed E-state index contributed by atoms with van der Waals surface area (Å²) in [6, 6.07) is 24.3. The summed E-state index contributed by atoms with van der Waals surface area (Å²) in [6.07, 6.45) is 0. The van der Waals surface area contributed by atoms with E-state index in [1.54, 1.807) is 6.07 Å². The van der Waals surface area contributed by atoms with E-state index in [1.165, 1.54) is 0 Å². The van der Waals surface area contributed by atoms with Crippen LogP contribution >= 0.6 is 23.1 Å². The van der Waals surface area contributed by atoms with Gasteiger partial charge in [0.15, 0.2) is 7.14 Å². The molecule has 0 amide bonds. The van der Waals surface area contributed by atoms with Crippen molar-refractivity contribution in [3.05, 3.63) is 83.3 Å².